The molecule has 2 unspecified atom stereocenters. The topological polar surface area (TPSA) is 92.4 Å². The molecule has 1 amide bonds. The van der Waals surface area contributed by atoms with Gasteiger partial charge in [0.1, 0.15) is 0 Å². The van der Waals surface area contributed by atoms with Crippen molar-refractivity contribution in [2.45, 2.75) is 46.1 Å². The molecule has 100 valence electrons. The van der Waals surface area contributed by atoms with E-state index >= 15 is 0 Å². The Kier molecular flexibility index (Phi) is 7.54. The lowest BCUT2D eigenvalue weighted by Crippen LogP contribution is -2.41. The van der Waals surface area contributed by atoms with Gasteiger partial charge in [-0.2, -0.15) is 0 Å². The summed E-state index contributed by atoms with van der Waals surface area (Å²) in [6, 6.07) is -0.310. The lowest BCUT2D eigenvalue weighted by molar-refractivity contribution is -0.138. The number of nitrogens with two attached hydrogens (primary N) is 1. The van der Waals surface area contributed by atoms with Gasteiger partial charge in [0.05, 0.1) is 6.42 Å². The molecule has 0 aliphatic rings. The number of carboxylic acids is 1. The van der Waals surface area contributed by atoms with Gasteiger partial charge in [-0.25, -0.2) is 0 Å². The Hall–Kier alpha value is -1.10. The van der Waals surface area contributed by atoms with Crippen molar-refractivity contribution in [2.75, 3.05) is 6.54 Å². The normalized spacial score (nSPS) is 14.4. The van der Waals surface area contributed by atoms with Crippen LogP contribution in [0.3, 0.4) is 0 Å². The highest BCUT2D eigenvalue weighted by Crippen LogP contribution is 2.09. The van der Waals surface area contributed by atoms with E-state index in [0.717, 1.165) is 6.42 Å². The molecule has 4 N–H and O–H groups in total. The zero-order valence-corrected chi connectivity index (χ0v) is 10.9. The Balaban J connectivity index is 4.25. The zero-order valence-electron chi connectivity index (χ0n) is 10.9. The quantitative estimate of drug-likeness (QED) is 0.593. The number of carbonyl (C=O) groups excluding carboxylic acids is 1. The fraction of sp³-hybridized carbons (Fsp3) is 0.833. The predicted molar refractivity (Wildman–Crippen MR) is 66.5 cm³/mol. The molecule has 0 heterocycles. The first-order chi connectivity index (χ1) is 7.90. The van der Waals surface area contributed by atoms with Crippen molar-refractivity contribution >= 4 is 11.9 Å². The predicted octanol–water partition coefficient (Wildman–Crippen LogP) is 0.977. The van der Waals surface area contributed by atoms with Gasteiger partial charge in [0.15, 0.2) is 0 Å². The maximum absolute atomic E-state index is 11.7. The van der Waals surface area contributed by atoms with Crippen molar-refractivity contribution in [2.24, 2.45) is 17.6 Å². The van der Waals surface area contributed by atoms with Gasteiger partial charge in [-0.1, -0.05) is 27.2 Å². The second-order valence-corrected chi connectivity index (χ2v) is 4.73. The number of aliphatic carboxylic acids is 1. The van der Waals surface area contributed by atoms with Gasteiger partial charge in [0.2, 0.25) is 5.91 Å². The van der Waals surface area contributed by atoms with E-state index in [-0.39, 0.29) is 30.2 Å². The minimum Gasteiger partial charge on any atom is -0.481 e. The van der Waals surface area contributed by atoms with Crippen LogP contribution in [-0.4, -0.2) is 29.6 Å². The van der Waals surface area contributed by atoms with Crippen LogP contribution in [0.1, 0.15) is 40.0 Å². The third-order valence-corrected chi connectivity index (χ3v) is 2.93. The minimum absolute atomic E-state index is 0.0389. The van der Waals surface area contributed by atoms with E-state index in [1.54, 1.807) is 0 Å². The molecule has 0 aliphatic carbocycles. The van der Waals surface area contributed by atoms with Crippen LogP contribution in [0, 0.1) is 11.8 Å². The number of hydrogen-bond acceptors (Lipinski definition) is 3. The van der Waals surface area contributed by atoms with E-state index < -0.39 is 5.97 Å². The molecule has 0 fully saturated rings. The van der Waals surface area contributed by atoms with Crippen LogP contribution >= 0.6 is 0 Å². The molecule has 17 heavy (non-hydrogen) atoms. The van der Waals surface area contributed by atoms with Crippen LogP contribution in [0.5, 0.6) is 0 Å². The van der Waals surface area contributed by atoms with Gasteiger partial charge < -0.3 is 16.2 Å². The van der Waals surface area contributed by atoms with Crippen molar-refractivity contribution in [3.63, 3.8) is 0 Å². The summed E-state index contributed by atoms with van der Waals surface area (Å²) >= 11 is 0. The maximum Gasteiger partial charge on any atom is 0.305 e. The monoisotopic (exact) mass is 244 g/mol. The second kappa shape index (κ2) is 8.06. The first-order valence-electron chi connectivity index (χ1n) is 6.11. The molecule has 0 saturated carbocycles. The Morgan fingerprint density at radius 2 is 1.88 bits per heavy atom. The second-order valence-electron chi connectivity index (χ2n) is 4.73. The summed E-state index contributed by atoms with van der Waals surface area (Å²) in [5.41, 5.74) is 5.53. The molecule has 0 aromatic carbocycles. The van der Waals surface area contributed by atoms with Crippen LogP contribution in [0.2, 0.25) is 0 Å². The maximum atomic E-state index is 11.7. The molecular formula is C12H24N2O3. The van der Waals surface area contributed by atoms with Gasteiger partial charge >= 0.3 is 5.97 Å². The van der Waals surface area contributed by atoms with E-state index in [2.05, 4.69) is 5.32 Å². The van der Waals surface area contributed by atoms with Gasteiger partial charge in [-0.15, -0.1) is 0 Å². The van der Waals surface area contributed by atoms with E-state index in [4.69, 9.17) is 10.8 Å². The molecule has 2 atom stereocenters. The lowest BCUT2D eigenvalue weighted by Gasteiger charge is -2.22. The number of hydrogen-bond donors (Lipinski definition) is 3. The molecule has 0 radical (unpaired) electrons. The summed E-state index contributed by atoms with van der Waals surface area (Å²) in [5, 5.41) is 11.5. The third-order valence-electron chi connectivity index (χ3n) is 2.93. The van der Waals surface area contributed by atoms with Gasteiger partial charge in [-0.05, 0) is 18.4 Å². The van der Waals surface area contributed by atoms with E-state index in [1.165, 1.54) is 0 Å². The van der Waals surface area contributed by atoms with E-state index in [0.29, 0.717) is 13.0 Å². The van der Waals surface area contributed by atoms with Crippen molar-refractivity contribution < 1.29 is 14.7 Å². The molecule has 0 aromatic rings. The Morgan fingerprint density at radius 1 is 1.29 bits per heavy atom. The molecule has 0 spiro atoms. The number of rotatable bonds is 8. The molecule has 0 aliphatic heterocycles. The van der Waals surface area contributed by atoms with Crippen molar-refractivity contribution in [1.29, 1.82) is 0 Å². The van der Waals surface area contributed by atoms with Gasteiger partial charge in [-0.3, -0.25) is 9.59 Å². The fourth-order valence-electron chi connectivity index (χ4n) is 1.56. The molecule has 5 heteroatoms. The Bertz CT molecular complexity index is 250. The van der Waals surface area contributed by atoms with Gasteiger partial charge in [0.25, 0.3) is 0 Å². The minimum atomic E-state index is -0.894. The zero-order chi connectivity index (χ0) is 13.4. The Morgan fingerprint density at radius 3 is 2.24 bits per heavy atom. The first kappa shape index (κ1) is 15.9. The number of carbonyl (C=O) groups is 2. The standard InChI is InChI=1S/C12H24N2O3/c1-4-9(7-13)5-11(15)14-10(8(2)3)6-12(16)17/h8-10H,4-7,13H2,1-3H3,(H,14,15)(H,16,17). The molecule has 5 nitrogen and oxygen atoms in total. The largest absolute Gasteiger partial charge is 0.481 e. The van der Waals surface area contributed by atoms with Crippen LogP contribution in [0.25, 0.3) is 0 Å². The summed E-state index contributed by atoms with van der Waals surface area (Å²) < 4.78 is 0. The summed E-state index contributed by atoms with van der Waals surface area (Å²) in [6.45, 7) is 6.26. The van der Waals surface area contributed by atoms with Crippen molar-refractivity contribution in [3.05, 3.63) is 0 Å². The summed E-state index contributed by atoms with van der Waals surface area (Å²) in [6.07, 6.45) is 1.19. The third kappa shape index (κ3) is 6.94. The smallest absolute Gasteiger partial charge is 0.305 e. The number of carboxylic acid groups (broad SMARTS) is 1. The number of amides is 1. The SMILES string of the molecule is CCC(CN)CC(=O)NC(CC(=O)O)C(C)C. The highest BCUT2D eigenvalue weighted by Gasteiger charge is 2.20. The molecule has 0 saturated heterocycles. The summed E-state index contributed by atoms with van der Waals surface area (Å²) in [5.74, 6) is -0.724. The van der Waals surface area contributed by atoms with Crippen LogP contribution in [0.4, 0.5) is 0 Å². The number of nitrogens with one attached hydrogen (secondary N) is 1. The van der Waals surface area contributed by atoms with Crippen molar-refractivity contribution in [3.8, 4) is 0 Å². The molecule has 0 aromatic heterocycles. The van der Waals surface area contributed by atoms with Crippen LogP contribution in [0.15, 0.2) is 0 Å². The van der Waals surface area contributed by atoms with E-state index in [1.807, 2.05) is 20.8 Å². The fourth-order valence-corrected chi connectivity index (χ4v) is 1.56. The van der Waals surface area contributed by atoms with Crippen LogP contribution in [-0.2, 0) is 9.59 Å². The molecule has 0 bridgehead atoms. The van der Waals surface area contributed by atoms with E-state index in [9.17, 15) is 9.59 Å². The highest BCUT2D eigenvalue weighted by atomic mass is 16.4. The average molecular weight is 244 g/mol. The average Bonchev–Trinajstić information content (AvgIpc) is 2.24. The first-order valence-corrected chi connectivity index (χ1v) is 6.11. The van der Waals surface area contributed by atoms with Crippen LogP contribution < -0.4 is 11.1 Å². The highest BCUT2D eigenvalue weighted by molar-refractivity contribution is 5.77. The molecule has 0 rings (SSSR count). The molecular weight excluding hydrogens is 220 g/mol. The summed E-state index contributed by atoms with van der Waals surface area (Å²) in [4.78, 5) is 22.4. The summed E-state index contributed by atoms with van der Waals surface area (Å²) in [7, 11) is 0. The van der Waals surface area contributed by atoms with Crippen molar-refractivity contribution in [1.82, 2.24) is 5.32 Å². The van der Waals surface area contributed by atoms with Gasteiger partial charge in [0, 0.05) is 12.5 Å². The Labute approximate surface area is 103 Å². The lowest BCUT2D eigenvalue weighted by atomic mass is 9.98.